The highest BCUT2D eigenvalue weighted by Gasteiger charge is 2.35. The number of aromatic hydroxyl groups is 3. The average molecular weight is 316 g/mol. The molecule has 0 aliphatic heterocycles. The summed E-state index contributed by atoms with van der Waals surface area (Å²) in [7, 11) is 0. The fraction of sp³-hybridized carbons (Fsp3) is 0. The number of rotatable bonds is 1. The molecule has 0 aromatic heterocycles. The number of hydrogen-bond acceptors (Lipinski definition) is 7. The molecule has 1 aliphatic rings. The van der Waals surface area contributed by atoms with E-state index in [2.05, 4.69) is 4.74 Å². The van der Waals surface area contributed by atoms with Crippen molar-refractivity contribution in [1.82, 2.24) is 0 Å². The van der Waals surface area contributed by atoms with Gasteiger partial charge in [0, 0.05) is 16.7 Å². The highest BCUT2D eigenvalue weighted by molar-refractivity contribution is 6.29. The Morgan fingerprint density at radius 3 is 2.22 bits per heavy atom. The van der Waals surface area contributed by atoms with E-state index >= 15 is 0 Å². The third-order valence-electron chi connectivity index (χ3n) is 3.40. The summed E-state index contributed by atoms with van der Waals surface area (Å²) in [5.41, 5.74) is -0.946. The number of ether oxygens (including phenoxy) is 1. The molecule has 0 saturated heterocycles. The second kappa shape index (κ2) is 4.73. The lowest BCUT2D eigenvalue weighted by molar-refractivity contribution is 0.0975. The van der Waals surface area contributed by atoms with Crippen LogP contribution >= 0.6 is 0 Å². The van der Waals surface area contributed by atoms with Crippen molar-refractivity contribution in [3.63, 3.8) is 0 Å². The van der Waals surface area contributed by atoms with Crippen LogP contribution in [0.5, 0.6) is 23.0 Å². The van der Waals surface area contributed by atoms with Crippen molar-refractivity contribution in [1.29, 1.82) is 0 Å². The van der Waals surface area contributed by atoms with E-state index < -0.39 is 40.5 Å². The molecule has 8 heteroatoms. The van der Waals surface area contributed by atoms with Crippen LogP contribution in [0.2, 0.25) is 0 Å². The van der Waals surface area contributed by atoms with Crippen molar-refractivity contribution in [3.05, 3.63) is 46.5 Å². The van der Waals surface area contributed by atoms with Crippen molar-refractivity contribution >= 4 is 17.7 Å². The predicted molar refractivity (Wildman–Crippen MR) is 73.4 cm³/mol. The van der Waals surface area contributed by atoms with Crippen LogP contribution in [0.3, 0.4) is 0 Å². The summed E-state index contributed by atoms with van der Waals surface area (Å²) in [6, 6.07) is 4.38. The molecule has 116 valence electrons. The van der Waals surface area contributed by atoms with E-state index in [0.717, 1.165) is 12.1 Å². The molecule has 0 heterocycles. The zero-order chi connectivity index (χ0) is 16.9. The SMILES string of the molecule is O=C(O)Oc1cc2c(c(O)c1O)C(=O)c1cc(O)ccc1C2=O. The van der Waals surface area contributed by atoms with Gasteiger partial charge in [-0.2, -0.15) is 0 Å². The first-order valence-electron chi connectivity index (χ1n) is 6.23. The van der Waals surface area contributed by atoms with Gasteiger partial charge in [0.2, 0.25) is 5.75 Å². The molecule has 2 aromatic rings. The fourth-order valence-electron chi connectivity index (χ4n) is 2.41. The summed E-state index contributed by atoms with van der Waals surface area (Å²) in [5, 5.41) is 37.8. The van der Waals surface area contributed by atoms with Crippen molar-refractivity contribution < 1.29 is 39.5 Å². The second-order valence-corrected chi connectivity index (χ2v) is 4.75. The smallest absolute Gasteiger partial charge is 0.508 e. The highest BCUT2D eigenvalue weighted by atomic mass is 16.7. The maximum atomic E-state index is 12.4. The molecule has 23 heavy (non-hydrogen) atoms. The number of benzene rings is 2. The first kappa shape index (κ1) is 14.4. The van der Waals surface area contributed by atoms with Gasteiger partial charge in [-0.15, -0.1) is 0 Å². The predicted octanol–water partition coefficient (Wildman–Crippen LogP) is 1.64. The van der Waals surface area contributed by atoms with Crippen molar-refractivity contribution in [2.45, 2.75) is 0 Å². The Labute approximate surface area is 127 Å². The fourth-order valence-corrected chi connectivity index (χ4v) is 2.41. The molecule has 0 amide bonds. The van der Waals surface area contributed by atoms with Crippen LogP contribution in [0, 0.1) is 0 Å². The van der Waals surface area contributed by atoms with Crippen LogP contribution in [0.15, 0.2) is 24.3 Å². The third kappa shape index (κ3) is 2.04. The van der Waals surface area contributed by atoms with Gasteiger partial charge in [-0.05, 0) is 24.3 Å². The molecular weight excluding hydrogens is 308 g/mol. The molecule has 2 aromatic carbocycles. The summed E-state index contributed by atoms with van der Waals surface area (Å²) in [6.07, 6.45) is -1.76. The number of phenols is 3. The molecule has 8 nitrogen and oxygen atoms in total. The largest absolute Gasteiger partial charge is 0.511 e. The lowest BCUT2D eigenvalue weighted by Crippen LogP contribution is -2.21. The monoisotopic (exact) mass is 316 g/mol. The number of hydrogen-bond donors (Lipinski definition) is 4. The molecule has 1 aliphatic carbocycles. The lowest BCUT2D eigenvalue weighted by Gasteiger charge is -2.20. The van der Waals surface area contributed by atoms with Gasteiger partial charge in [0.15, 0.2) is 23.1 Å². The minimum absolute atomic E-state index is 0.0216. The maximum Gasteiger partial charge on any atom is 0.511 e. The number of ketones is 2. The van der Waals surface area contributed by atoms with E-state index in [1.165, 1.54) is 12.1 Å². The summed E-state index contributed by atoms with van der Waals surface area (Å²) < 4.78 is 4.29. The van der Waals surface area contributed by atoms with Crippen LogP contribution in [0.1, 0.15) is 31.8 Å². The van der Waals surface area contributed by atoms with Gasteiger partial charge in [-0.1, -0.05) is 0 Å². The van der Waals surface area contributed by atoms with Crippen molar-refractivity contribution in [2.24, 2.45) is 0 Å². The summed E-state index contributed by atoms with van der Waals surface area (Å²) in [5.74, 6) is -4.33. The molecule has 3 rings (SSSR count). The molecule has 0 bridgehead atoms. The Morgan fingerprint density at radius 2 is 1.57 bits per heavy atom. The molecule has 0 radical (unpaired) electrons. The molecule has 0 fully saturated rings. The topological polar surface area (TPSA) is 141 Å². The number of carbonyl (C=O) groups is 3. The van der Waals surface area contributed by atoms with Gasteiger partial charge >= 0.3 is 6.16 Å². The summed E-state index contributed by atoms with van der Waals surface area (Å²) in [4.78, 5) is 35.4. The lowest BCUT2D eigenvalue weighted by atomic mass is 9.83. The Kier molecular flexibility index (Phi) is 2.96. The molecule has 4 N–H and O–H groups in total. The summed E-state index contributed by atoms with van der Waals surface area (Å²) >= 11 is 0. The van der Waals surface area contributed by atoms with Gasteiger partial charge in [0.1, 0.15) is 5.75 Å². The minimum atomic E-state index is -1.76. The van der Waals surface area contributed by atoms with Crippen LogP contribution in [-0.4, -0.2) is 38.1 Å². The van der Waals surface area contributed by atoms with E-state index in [9.17, 15) is 29.7 Å². The maximum absolute atomic E-state index is 12.4. The highest BCUT2D eigenvalue weighted by Crippen LogP contribution is 2.44. The quantitative estimate of drug-likeness (QED) is 0.301. The van der Waals surface area contributed by atoms with E-state index in [-0.39, 0.29) is 22.4 Å². The molecule has 0 atom stereocenters. The number of carbonyl (C=O) groups excluding carboxylic acids is 2. The van der Waals surface area contributed by atoms with Gasteiger partial charge in [0.25, 0.3) is 0 Å². The first-order valence-corrected chi connectivity index (χ1v) is 6.23. The van der Waals surface area contributed by atoms with E-state index in [0.29, 0.717) is 0 Å². The first-order chi connectivity index (χ1) is 10.8. The van der Waals surface area contributed by atoms with Gasteiger partial charge < -0.3 is 25.2 Å². The average Bonchev–Trinajstić information content (AvgIpc) is 2.49. The Morgan fingerprint density at radius 1 is 0.870 bits per heavy atom. The second-order valence-electron chi connectivity index (χ2n) is 4.75. The van der Waals surface area contributed by atoms with Crippen molar-refractivity contribution in [3.8, 4) is 23.0 Å². The van der Waals surface area contributed by atoms with Crippen LogP contribution in [0.4, 0.5) is 4.79 Å². The molecular formula is C15H8O8. The van der Waals surface area contributed by atoms with E-state index in [4.69, 9.17) is 5.11 Å². The number of fused-ring (bicyclic) bond motifs is 2. The normalized spacial score (nSPS) is 12.5. The van der Waals surface area contributed by atoms with Gasteiger partial charge in [-0.25, -0.2) is 4.79 Å². The minimum Gasteiger partial charge on any atom is -0.508 e. The van der Waals surface area contributed by atoms with Crippen molar-refractivity contribution in [2.75, 3.05) is 0 Å². The third-order valence-corrected chi connectivity index (χ3v) is 3.40. The standard InChI is InChI=1S/C15H8O8/c16-5-1-2-6-7(3-5)12(18)10-8(11(6)17)4-9(23-15(21)22)13(19)14(10)20/h1-4,16,19-20H,(H,21,22). The van der Waals surface area contributed by atoms with Crippen LogP contribution in [-0.2, 0) is 0 Å². The number of phenolic OH excluding ortho intramolecular Hbond substituents is 3. The Hall–Kier alpha value is -3.55. The van der Waals surface area contributed by atoms with E-state index in [1.807, 2.05) is 0 Å². The molecule has 0 spiro atoms. The van der Waals surface area contributed by atoms with Gasteiger partial charge in [-0.3, -0.25) is 9.59 Å². The van der Waals surface area contributed by atoms with Crippen LogP contribution < -0.4 is 4.74 Å². The van der Waals surface area contributed by atoms with Crippen LogP contribution in [0.25, 0.3) is 0 Å². The van der Waals surface area contributed by atoms with E-state index in [1.54, 1.807) is 0 Å². The Balaban J connectivity index is 2.29. The molecule has 0 saturated carbocycles. The zero-order valence-corrected chi connectivity index (χ0v) is 11.2. The molecule has 0 unspecified atom stereocenters. The zero-order valence-electron chi connectivity index (χ0n) is 11.2. The summed E-state index contributed by atoms with van der Waals surface area (Å²) in [6.45, 7) is 0. The number of carboxylic acid groups (broad SMARTS) is 1. The van der Waals surface area contributed by atoms with Gasteiger partial charge in [0.05, 0.1) is 5.56 Å². The Bertz CT molecular complexity index is 897.